The summed E-state index contributed by atoms with van der Waals surface area (Å²) in [6.45, 7) is 8.42. The Kier molecular flexibility index (Phi) is 4.87. The van der Waals surface area contributed by atoms with Gasteiger partial charge in [-0.05, 0) is 95.8 Å². The molecular weight excluding hydrogens is 489 g/mol. The molecule has 0 N–H and O–H groups in total. The zero-order valence-electron chi connectivity index (χ0n) is 23.2. The monoisotopic (exact) mass is 519 g/mol. The van der Waals surface area contributed by atoms with Crippen LogP contribution in [-0.2, 0) is 9.31 Å². The van der Waals surface area contributed by atoms with Crippen LogP contribution in [0, 0.1) is 0 Å². The number of benzene rings is 6. The van der Waals surface area contributed by atoms with Crippen molar-refractivity contribution in [3.05, 3.63) is 109 Å². The largest absolute Gasteiger partial charge is 0.494 e. The molecule has 0 saturated carbocycles. The second-order valence-corrected chi connectivity index (χ2v) is 12.0. The van der Waals surface area contributed by atoms with E-state index >= 15 is 0 Å². The van der Waals surface area contributed by atoms with E-state index in [9.17, 15) is 0 Å². The summed E-state index contributed by atoms with van der Waals surface area (Å²) >= 11 is 0. The molecule has 1 fully saturated rings. The Balaban J connectivity index is 1.49. The molecular formula is C36H30BNO2. The highest BCUT2D eigenvalue weighted by Crippen LogP contribution is 2.41. The van der Waals surface area contributed by atoms with Crippen molar-refractivity contribution >= 4 is 66.7 Å². The van der Waals surface area contributed by atoms with E-state index < -0.39 is 18.3 Å². The summed E-state index contributed by atoms with van der Waals surface area (Å²) in [5.41, 5.74) is 3.74. The highest BCUT2D eigenvalue weighted by Gasteiger charge is 2.51. The summed E-state index contributed by atoms with van der Waals surface area (Å²) in [4.78, 5) is 0. The second kappa shape index (κ2) is 8.20. The molecule has 2 heterocycles. The first-order chi connectivity index (χ1) is 19.3. The fraction of sp³-hybridized carbons (Fsp3) is 0.167. The molecule has 1 aliphatic heterocycles. The lowest BCUT2D eigenvalue weighted by Crippen LogP contribution is -2.41. The molecule has 3 nitrogen and oxygen atoms in total. The van der Waals surface area contributed by atoms with Gasteiger partial charge in [-0.1, -0.05) is 78.9 Å². The van der Waals surface area contributed by atoms with Crippen molar-refractivity contribution in [1.29, 1.82) is 0 Å². The van der Waals surface area contributed by atoms with E-state index in [1.807, 2.05) is 0 Å². The first-order valence-corrected chi connectivity index (χ1v) is 14.0. The molecule has 0 amide bonds. The summed E-state index contributed by atoms with van der Waals surface area (Å²) in [6, 6.07) is 39.7. The van der Waals surface area contributed by atoms with E-state index in [2.05, 4.69) is 141 Å². The minimum Gasteiger partial charge on any atom is -0.399 e. The van der Waals surface area contributed by atoms with Gasteiger partial charge in [0.05, 0.1) is 22.2 Å². The van der Waals surface area contributed by atoms with Crippen LogP contribution < -0.4 is 5.46 Å². The molecule has 8 rings (SSSR count). The molecule has 40 heavy (non-hydrogen) atoms. The van der Waals surface area contributed by atoms with Gasteiger partial charge in [0.2, 0.25) is 0 Å². The highest BCUT2D eigenvalue weighted by atomic mass is 16.7. The van der Waals surface area contributed by atoms with E-state index in [1.54, 1.807) is 0 Å². The van der Waals surface area contributed by atoms with Crippen LogP contribution in [0.4, 0.5) is 0 Å². The number of hydrogen-bond acceptors (Lipinski definition) is 2. The second-order valence-electron chi connectivity index (χ2n) is 12.0. The van der Waals surface area contributed by atoms with Gasteiger partial charge in [0.25, 0.3) is 0 Å². The Morgan fingerprint density at radius 1 is 0.475 bits per heavy atom. The van der Waals surface area contributed by atoms with E-state index in [0.29, 0.717) is 0 Å². The average molecular weight is 519 g/mol. The molecule has 1 aliphatic rings. The lowest BCUT2D eigenvalue weighted by Gasteiger charge is -2.32. The number of nitrogens with zero attached hydrogens (tertiary/aromatic N) is 1. The molecule has 0 aliphatic carbocycles. The third-order valence-electron chi connectivity index (χ3n) is 9.19. The first kappa shape index (κ1) is 23.7. The summed E-state index contributed by atoms with van der Waals surface area (Å²) in [5.74, 6) is 0. The van der Waals surface area contributed by atoms with Crippen LogP contribution in [0.3, 0.4) is 0 Å². The lowest BCUT2D eigenvalue weighted by molar-refractivity contribution is 0.00578. The van der Waals surface area contributed by atoms with Crippen LogP contribution in [0.1, 0.15) is 27.7 Å². The minimum atomic E-state index is -0.413. The fourth-order valence-corrected chi connectivity index (χ4v) is 6.41. The average Bonchev–Trinajstić information content (AvgIpc) is 3.40. The standard InChI is InChI=1S/C36H30BNO2/c1-35(2)36(3,4)40-37(39-35)23-18-19-29-32-21-30-27-16-10-8-14-25(27)26-15-9-11-17-28(26)31(30)22-34(32)38(33(29)20-23)24-12-6-5-7-13-24/h5-22H,1-4H3. The zero-order chi connectivity index (χ0) is 27.2. The summed E-state index contributed by atoms with van der Waals surface area (Å²) in [7, 11) is -0.413. The van der Waals surface area contributed by atoms with Crippen molar-refractivity contribution in [3.8, 4) is 5.69 Å². The van der Waals surface area contributed by atoms with Gasteiger partial charge in [0, 0.05) is 16.5 Å². The molecule has 1 aromatic heterocycles. The van der Waals surface area contributed by atoms with Crippen LogP contribution in [0.15, 0.2) is 109 Å². The Bertz CT molecular complexity index is 2110. The molecule has 4 heteroatoms. The van der Waals surface area contributed by atoms with Gasteiger partial charge in [-0.15, -0.1) is 0 Å². The van der Waals surface area contributed by atoms with Gasteiger partial charge in [-0.25, -0.2) is 0 Å². The molecule has 1 saturated heterocycles. The predicted octanol–water partition coefficient (Wildman–Crippen LogP) is 8.54. The number of fused-ring (bicyclic) bond motifs is 9. The van der Waals surface area contributed by atoms with Crippen LogP contribution in [0.5, 0.6) is 0 Å². The van der Waals surface area contributed by atoms with E-state index in [4.69, 9.17) is 9.31 Å². The van der Waals surface area contributed by atoms with Crippen molar-refractivity contribution in [2.24, 2.45) is 0 Å². The van der Waals surface area contributed by atoms with Gasteiger partial charge in [0.1, 0.15) is 0 Å². The highest BCUT2D eigenvalue weighted by molar-refractivity contribution is 6.62. The quantitative estimate of drug-likeness (QED) is 0.169. The van der Waals surface area contributed by atoms with Gasteiger partial charge in [-0.2, -0.15) is 0 Å². The molecule has 0 spiro atoms. The fourth-order valence-electron chi connectivity index (χ4n) is 6.41. The third-order valence-corrected chi connectivity index (χ3v) is 9.19. The van der Waals surface area contributed by atoms with Crippen molar-refractivity contribution in [1.82, 2.24) is 4.57 Å². The molecule has 0 unspecified atom stereocenters. The third kappa shape index (κ3) is 3.27. The van der Waals surface area contributed by atoms with E-state index in [1.165, 1.54) is 48.6 Å². The smallest absolute Gasteiger partial charge is 0.399 e. The number of hydrogen-bond donors (Lipinski definition) is 0. The molecule has 0 radical (unpaired) electrons. The van der Waals surface area contributed by atoms with Crippen molar-refractivity contribution in [3.63, 3.8) is 0 Å². The molecule has 7 aromatic rings. The van der Waals surface area contributed by atoms with Crippen LogP contribution in [0.25, 0.3) is 59.8 Å². The van der Waals surface area contributed by atoms with Gasteiger partial charge in [0.15, 0.2) is 0 Å². The number of aromatic nitrogens is 1. The maximum Gasteiger partial charge on any atom is 0.494 e. The summed E-state index contributed by atoms with van der Waals surface area (Å²) < 4.78 is 15.3. The Labute approximate surface area is 234 Å². The van der Waals surface area contributed by atoms with Gasteiger partial charge < -0.3 is 13.9 Å². The zero-order valence-corrected chi connectivity index (χ0v) is 23.2. The maximum absolute atomic E-state index is 6.45. The summed E-state index contributed by atoms with van der Waals surface area (Å²) in [6.07, 6.45) is 0. The number of para-hydroxylation sites is 1. The van der Waals surface area contributed by atoms with Crippen molar-refractivity contribution in [2.75, 3.05) is 0 Å². The van der Waals surface area contributed by atoms with Gasteiger partial charge in [-0.3, -0.25) is 0 Å². The Morgan fingerprint density at radius 3 is 1.57 bits per heavy atom. The lowest BCUT2D eigenvalue weighted by atomic mass is 9.78. The predicted molar refractivity (Wildman–Crippen MR) is 169 cm³/mol. The number of rotatable bonds is 2. The topological polar surface area (TPSA) is 23.4 Å². The normalized spacial score (nSPS) is 16.6. The molecule has 6 aromatic carbocycles. The maximum atomic E-state index is 6.45. The van der Waals surface area contributed by atoms with Crippen LogP contribution in [-0.4, -0.2) is 22.9 Å². The molecule has 0 atom stereocenters. The van der Waals surface area contributed by atoms with Crippen LogP contribution >= 0.6 is 0 Å². The van der Waals surface area contributed by atoms with Crippen molar-refractivity contribution < 1.29 is 9.31 Å². The Morgan fingerprint density at radius 2 is 0.975 bits per heavy atom. The SMILES string of the molecule is CC1(C)OB(c2ccc3c4cc5c6ccccc6c6ccccc6c5cc4n(-c4ccccc4)c3c2)OC1(C)C. The molecule has 0 bridgehead atoms. The summed E-state index contributed by atoms with van der Waals surface area (Å²) in [5, 5.41) is 10.2. The van der Waals surface area contributed by atoms with Crippen LogP contribution in [0.2, 0.25) is 0 Å². The van der Waals surface area contributed by atoms with Crippen molar-refractivity contribution in [2.45, 2.75) is 38.9 Å². The first-order valence-electron chi connectivity index (χ1n) is 14.0. The van der Waals surface area contributed by atoms with E-state index in [0.717, 1.165) is 16.7 Å². The van der Waals surface area contributed by atoms with Gasteiger partial charge >= 0.3 is 7.12 Å². The minimum absolute atomic E-state index is 0.390. The molecule has 194 valence electrons. The Hall–Kier alpha value is -4.12. The van der Waals surface area contributed by atoms with E-state index in [-0.39, 0.29) is 0 Å².